The molecule has 33 heavy (non-hydrogen) atoms. The minimum absolute atomic E-state index is 0.0763. The van der Waals surface area contributed by atoms with E-state index in [2.05, 4.69) is 10.3 Å². The van der Waals surface area contributed by atoms with Crippen LogP contribution in [0.3, 0.4) is 0 Å². The summed E-state index contributed by atoms with van der Waals surface area (Å²) >= 11 is 0. The summed E-state index contributed by atoms with van der Waals surface area (Å²) in [4.78, 5) is 35.7. The van der Waals surface area contributed by atoms with Crippen molar-refractivity contribution in [3.8, 4) is 5.75 Å². The van der Waals surface area contributed by atoms with E-state index in [1.54, 1.807) is 30.1 Å². The van der Waals surface area contributed by atoms with Crippen molar-refractivity contribution in [3.05, 3.63) is 95.3 Å². The molecule has 5 rings (SSSR count). The zero-order chi connectivity index (χ0) is 22.9. The summed E-state index contributed by atoms with van der Waals surface area (Å²) in [5.41, 5.74) is 3.97. The number of benzene rings is 3. The van der Waals surface area contributed by atoms with Gasteiger partial charge in [-0.15, -0.1) is 0 Å². The summed E-state index contributed by atoms with van der Waals surface area (Å²) in [6, 6.07) is 21.5. The number of fused-ring (bicyclic) bond motifs is 2. The van der Waals surface area contributed by atoms with Gasteiger partial charge >= 0.3 is 0 Å². The maximum absolute atomic E-state index is 13.5. The van der Waals surface area contributed by atoms with Gasteiger partial charge in [-0.3, -0.25) is 9.59 Å². The molecule has 2 atom stereocenters. The molecule has 7 nitrogen and oxygen atoms in total. The van der Waals surface area contributed by atoms with Crippen molar-refractivity contribution in [3.63, 3.8) is 0 Å². The number of imidazole rings is 1. The summed E-state index contributed by atoms with van der Waals surface area (Å²) < 4.78 is 0. The Bertz CT molecular complexity index is 1300. The number of amides is 2. The van der Waals surface area contributed by atoms with E-state index in [1.807, 2.05) is 54.6 Å². The fraction of sp³-hybridized carbons (Fsp3) is 0.192. The third-order valence-electron chi connectivity index (χ3n) is 6.12. The smallest absolute Gasteiger partial charge is 0.253 e. The summed E-state index contributed by atoms with van der Waals surface area (Å²) in [6.07, 6.45) is 0.495. The van der Waals surface area contributed by atoms with Crippen molar-refractivity contribution in [1.29, 1.82) is 0 Å². The number of hydrogen-bond donors (Lipinski definition) is 3. The second-order valence-electron chi connectivity index (χ2n) is 8.40. The number of carbonyl (C=O) groups excluding carboxylic acids is 2. The second kappa shape index (κ2) is 8.43. The number of para-hydroxylation sites is 2. The van der Waals surface area contributed by atoms with Crippen LogP contribution in [0.4, 0.5) is 0 Å². The van der Waals surface area contributed by atoms with E-state index in [0.29, 0.717) is 24.4 Å². The zero-order valence-corrected chi connectivity index (χ0v) is 18.2. The number of carbonyl (C=O) groups is 2. The number of phenolic OH excluding ortho intramolecular Hbond substituents is 1. The molecule has 166 valence electrons. The third kappa shape index (κ3) is 4.05. The van der Waals surface area contributed by atoms with Crippen molar-refractivity contribution in [2.75, 3.05) is 13.6 Å². The monoisotopic (exact) mass is 440 g/mol. The normalized spacial score (nSPS) is 16.5. The van der Waals surface area contributed by atoms with Crippen molar-refractivity contribution in [1.82, 2.24) is 20.2 Å². The number of likely N-dealkylation sites (N-methyl/N-ethyl adjacent to an activating group) is 1. The first kappa shape index (κ1) is 20.8. The standard InChI is InChI=1S/C26H24N4O3/c1-30-15-20(18-6-2-3-7-19(18)26(30)33)25(32)29-23(14-16-10-12-17(31)13-11-16)24-27-21-8-4-5-9-22(21)28-24/h2-13,20,23,31H,14-15H2,1H3,(H,27,28)(H,29,32). The number of aromatic amines is 1. The fourth-order valence-corrected chi connectivity index (χ4v) is 4.37. The molecule has 0 fully saturated rings. The Morgan fingerprint density at radius 1 is 1.12 bits per heavy atom. The Hall–Kier alpha value is -4.13. The molecular formula is C26H24N4O3. The number of rotatable bonds is 5. The number of nitrogens with zero attached hydrogens (tertiary/aromatic N) is 2. The summed E-state index contributed by atoms with van der Waals surface area (Å²) in [5.74, 6) is 0.134. The van der Waals surface area contributed by atoms with Crippen LogP contribution in [0.5, 0.6) is 5.75 Å². The SMILES string of the molecule is CN1CC(C(=O)NC(Cc2ccc(O)cc2)c2nc3ccccc3[nH]2)c2ccccc2C1=O. The van der Waals surface area contributed by atoms with Gasteiger partial charge in [0.25, 0.3) is 5.91 Å². The molecule has 1 aliphatic heterocycles. The van der Waals surface area contributed by atoms with Crippen LogP contribution in [0.1, 0.15) is 39.3 Å². The fourth-order valence-electron chi connectivity index (χ4n) is 4.37. The lowest BCUT2D eigenvalue weighted by Crippen LogP contribution is -2.44. The van der Waals surface area contributed by atoms with Crippen LogP contribution in [0.2, 0.25) is 0 Å². The molecule has 0 radical (unpaired) electrons. The lowest BCUT2D eigenvalue weighted by Gasteiger charge is -2.32. The average Bonchev–Trinajstić information content (AvgIpc) is 3.26. The highest BCUT2D eigenvalue weighted by atomic mass is 16.3. The number of aromatic nitrogens is 2. The highest BCUT2D eigenvalue weighted by Crippen LogP contribution is 2.29. The van der Waals surface area contributed by atoms with E-state index in [-0.39, 0.29) is 17.6 Å². The van der Waals surface area contributed by atoms with Gasteiger partial charge in [-0.25, -0.2) is 4.98 Å². The van der Waals surface area contributed by atoms with Crippen LogP contribution in [-0.4, -0.2) is 45.4 Å². The maximum atomic E-state index is 13.5. The first-order valence-electron chi connectivity index (χ1n) is 10.9. The van der Waals surface area contributed by atoms with Crippen molar-refractivity contribution >= 4 is 22.8 Å². The predicted molar refractivity (Wildman–Crippen MR) is 125 cm³/mol. The van der Waals surface area contributed by atoms with E-state index in [4.69, 9.17) is 4.98 Å². The molecule has 3 N–H and O–H groups in total. The maximum Gasteiger partial charge on any atom is 0.253 e. The molecule has 1 aromatic heterocycles. The molecule has 7 heteroatoms. The predicted octanol–water partition coefficient (Wildman–Crippen LogP) is 3.54. The molecule has 2 amide bonds. The van der Waals surface area contributed by atoms with Crippen molar-refractivity contribution < 1.29 is 14.7 Å². The molecular weight excluding hydrogens is 416 g/mol. The number of nitrogens with one attached hydrogen (secondary N) is 2. The minimum atomic E-state index is -0.476. The average molecular weight is 441 g/mol. The largest absolute Gasteiger partial charge is 0.508 e. The zero-order valence-electron chi connectivity index (χ0n) is 18.2. The van der Waals surface area contributed by atoms with E-state index < -0.39 is 12.0 Å². The number of phenols is 1. The Morgan fingerprint density at radius 2 is 1.85 bits per heavy atom. The van der Waals surface area contributed by atoms with Gasteiger partial charge < -0.3 is 20.3 Å². The Kier molecular flexibility index (Phi) is 5.30. The van der Waals surface area contributed by atoms with E-state index in [0.717, 1.165) is 22.2 Å². The van der Waals surface area contributed by atoms with E-state index >= 15 is 0 Å². The molecule has 1 aliphatic rings. The molecule has 0 spiro atoms. The van der Waals surface area contributed by atoms with Gasteiger partial charge in [-0.2, -0.15) is 0 Å². The van der Waals surface area contributed by atoms with Gasteiger partial charge in [0.2, 0.25) is 5.91 Å². The summed E-state index contributed by atoms with van der Waals surface area (Å²) in [7, 11) is 1.71. The highest BCUT2D eigenvalue weighted by molar-refractivity contribution is 6.00. The number of aromatic hydroxyl groups is 1. The molecule has 2 heterocycles. The quantitative estimate of drug-likeness (QED) is 0.442. The van der Waals surface area contributed by atoms with Crippen LogP contribution in [-0.2, 0) is 11.2 Å². The van der Waals surface area contributed by atoms with Gasteiger partial charge in [0, 0.05) is 19.2 Å². The van der Waals surface area contributed by atoms with Crippen LogP contribution in [0, 0.1) is 0 Å². The molecule has 0 bridgehead atoms. The molecule has 4 aromatic rings. The first-order chi connectivity index (χ1) is 16.0. The van der Waals surface area contributed by atoms with Crippen LogP contribution in [0.25, 0.3) is 11.0 Å². The van der Waals surface area contributed by atoms with E-state index in [9.17, 15) is 14.7 Å². The van der Waals surface area contributed by atoms with Crippen molar-refractivity contribution in [2.45, 2.75) is 18.4 Å². The van der Waals surface area contributed by atoms with Gasteiger partial charge in [0.1, 0.15) is 11.6 Å². The second-order valence-corrected chi connectivity index (χ2v) is 8.40. The molecule has 0 saturated heterocycles. The van der Waals surface area contributed by atoms with Crippen molar-refractivity contribution in [2.24, 2.45) is 0 Å². The van der Waals surface area contributed by atoms with Gasteiger partial charge in [-0.05, 0) is 47.9 Å². The molecule has 3 aromatic carbocycles. The Labute approximate surface area is 191 Å². The molecule has 0 aliphatic carbocycles. The number of hydrogen-bond acceptors (Lipinski definition) is 4. The molecule has 0 saturated carbocycles. The lowest BCUT2D eigenvalue weighted by molar-refractivity contribution is -0.123. The highest BCUT2D eigenvalue weighted by Gasteiger charge is 2.34. The Morgan fingerprint density at radius 3 is 2.64 bits per heavy atom. The first-order valence-corrected chi connectivity index (χ1v) is 10.9. The van der Waals surface area contributed by atoms with Gasteiger partial charge in [-0.1, -0.05) is 42.5 Å². The van der Waals surface area contributed by atoms with Crippen LogP contribution in [0.15, 0.2) is 72.8 Å². The summed E-state index contributed by atoms with van der Waals surface area (Å²) in [5, 5.41) is 12.8. The van der Waals surface area contributed by atoms with Gasteiger partial charge in [0.15, 0.2) is 0 Å². The Balaban J connectivity index is 1.47. The van der Waals surface area contributed by atoms with Crippen LogP contribution >= 0.6 is 0 Å². The minimum Gasteiger partial charge on any atom is -0.508 e. The lowest BCUT2D eigenvalue weighted by atomic mass is 9.88. The van der Waals surface area contributed by atoms with Crippen LogP contribution < -0.4 is 5.32 Å². The number of H-pyrrole nitrogens is 1. The third-order valence-corrected chi connectivity index (χ3v) is 6.12. The van der Waals surface area contributed by atoms with E-state index in [1.165, 1.54) is 0 Å². The molecule has 2 unspecified atom stereocenters. The topological polar surface area (TPSA) is 98.3 Å². The van der Waals surface area contributed by atoms with Gasteiger partial charge in [0.05, 0.1) is 23.0 Å². The summed E-state index contributed by atoms with van der Waals surface area (Å²) in [6.45, 7) is 0.313.